The number of benzene rings is 1. The first-order chi connectivity index (χ1) is 9.18. The van der Waals surface area contributed by atoms with Gasteiger partial charge in [0.25, 0.3) is 0 Å². The van der Waals surface area contributed by atoms with Crippen LogP contribution in [0.25, 0.3) is 11.4 Å². The van der Waals surface area contributed by atoms with Gasteiger partial charge < -0.3 is 5.73 Å². The lowest BCUT2D eigenvalue weighted by Gasteiger charge is -2.19. The number of nitrogens with zero attached hydrogens (tertiary/aromatic N) is 4. The number of rotatable bonds is 2. The van der Waals surface area contributed by atoms with Crippen LogP contribution < -0.4 is 5.73 Å². The van der Waals surface area contributed by atoms with E-state index >= 15 is 0 Å². The van der Waals surface area contributed by atoms with Crippen molar-refractivity contribution in [2.45, 2.75) is 32.7 Å². The second kappa shape index (κ2) is 4.64. The van der Waals surface area contributed by atoms with Gasteiger partial charge in [-0.1, -0.05) is 26.0 Å². The van der Waals surface area contributed by atoms with Gasteiger partial charge in [-0.15, -0.1) is 5.10 Å². The normalized spacial score (nSPS) is 26.7. The van der Waals surface area contributed by atoms with Crippen molar-refractivity contribution in [1.29, 1.82) is 0 Å². The highest BCUT2D eigenvalue weighted by Crippen LogP contribution is 2.41. The Morgan fingerprint density at radius 3 is 2.68 bits per heavy atom. The van der Waals surface area contributed by atoms with Crippen molar-refractivity contribution < 1.29 is 0 Å². The monoisotopic (exact) mass is 257 g/mol. The van der Waals surface area contributed by atoms with Crippen LogP contribution in [0.5, 0.6) is 0 Å². The Morgan fingerprint density at radius 1 is 1.21 bits per heavy atom. The molecule has 100 valence electrons. The molecule has 1 saturated carbocycles. The van der Waals surface area contributed by atoms with Gasteiger partial charge in [-0.2, -0.15) is 0 Å². The summed E-state index contributed by atoms with van der Waals surface area (Å²) >= 11 is 0. The van der Waals surface area contributed by atoms with Crippen LogP contribution in [-0.2, 0) is 0 Å². The largest absolute Gasteiger partial charge is 0.398 e. The number of hydrogen-bond donors (Lipinski definition) is 1. The molecule has 2 aromatic rings. The van der Waals surface area contributed by atoms with Gasteiger partial charge in [-0.25, -0.2) is 4.68 Å². The molecule has 0 amide bonds. The molecule has 0 saturated heterocycles. The highest BCUT2D eigenvalue weighted by Gasteiger charge is 2.33. The Bertz CT molecular complexity index is 577. The number of tetrazole rings is 1. The van der Waals surface area contributed by atoms with Crippen LogP contribution in [0.4, 0.5) is 5.69 Å². The maximum atomic E-state index is 6.03. The lowest BCUT2D eigenvalue weighted by molar-refractivity contribution is 0.328. The summed E-state index contributed by atoms with van der Waals surface area (Å²) in [5.41, 5.74) is 7.67. The second-order valence-corrected chi connectivity index (χ2v) is 5.52. The van der Waals surface area contributed by atoms with Crippen LogP contribution in [-0.4, -0.2) is 20.2 Å². The molecule has 0 spiro atoms. The fourth-order valence-electron chi connectivity index (χ4n) is 2.98. The molecule has 0 radical (unpaired) electrons. The molecular weight excluding hydrogens is 238 g/mol. The maximum Gasteiger partial charge on any atom is 0.184 e. The summed E-state index contributed by atoms with van der Waals surface area (Å²) in [6, 6.07) is 8.12. The molecule has 1 aromatic carbocycles. The third-order valence-corrected chi connectivity index (χ3v) is 4.43. The number of para-hydroxylation sites is 1. The fourth-order valence-corrected chi connectivity index (χ4v) is 2.98. The quantitative estimate of drug-likeness (QED) is 0.839. The second-order valence-electron chi connectivity index (χ2n) is 5.52. The number of nitrogens with two attached hydrogens (primary N) is 1. The standard InChI is InChI=1S/C14H19N5/c1-9-7-8-13(10(9)2)19-14(16-17-18-19)11-5-3-4-6-12(11)15/h3-6,9-10,13H,7-8,15H2,1-2H3. The third-order valence-electron chi connectivity index (χ3n) is 4.43. The number of anilines is 1. The van der Waals surface area contributed by atoms with Crippen LogP contribution in [0.2, 0.25) is 0 Å². The Hall–Kier alpha value is -1.91. The smallest absolute Gasteiger partial charge is 0.184 e. The molecule has 0 bridgehead atoms. The van der Waals surface area contributed by atoms with Crippen molar-refractivity contribution in [3.8, 4) is 11.4 Å². The van der Waals surface area contributed by atoms with Crippen molar-refractivity contribution in [3.05, 3.63) is 24.3 Å². The van der Waals surface area contributed by atoms with E-state index in [1.165, 1.54) is 6.42 Å². The minimum absolute atomic E-state index is 0.375. The molecule has 0 aliphatic heterocycles. The van der Waals surface area contributed by atoms with E-state index in [9.17, 15) is 0 Å². The Morgan fingerprint density at radius 2 is 2.00 bits per heavy atom. The van der Waals surface area contributed by atoms with Gasteiger partial charge in [-0.3, -0.25) is 0 Å². The molecule has 3 rings (SSSR count). The zero-order valence-electron chi connectivity index (χ0n) is 11.3. The number of aromatic nitrogens is 4. The van der Waals surface area contributed by atoms with E-state index in [0.717, 1.165) is 29.4 Å². The van der Waals surface area contributed by atoms with Gasteiger partial charge >= 0.3 is 0 Å². The van der Waals surface area contributed by atoms with Crippen molar-refractivity contribution in [1.82, 2.24) is 20.2 Å². The van der Waals surface area contributed by atoms with E-state index in [1.807, 2.05) is 28.9 Å². The summed E-state index contributed by atoms with van der Waals surface area (Å²) in [6.07, 6.45) is 2.36. The van der Waals surface area contributed by atoms with E-state index < -0.39 is 0 Å². The van der Waals surface area contributed by atoms with Crippen molar-refractivity contribution in [2.24, 2.45) is 11.8 Å². The zero-order chi connectivity index (χ0) is 13.4. The highest BCUT2D eigenvalue weighted by atomic mass is 15.6. The third kappa shape index (κ3) is 1.99. The molecular formula is C14H19N5. The van der Waals surface area contributed by atoms with Crippen molar-refractivity contribution in [2.75, 3.05) is 5.73 Å². The molecule has 5 nitrogen and oxygen atoms in total. The minimum Gasteiger partial charge on any atom is -0.398 e. The molecule has 1 heterocycles. The van der Waals surface area contributed by atoms with Gasteiger partial charge in [-0.05, 0) is 47.2 Å². The van der Waals surface area contributed by atoms with Gasteiger partial charge in [0.1, 0.15) is 0 Å². The SMILES string of the molecule is CC1CCC(n2nnnc2-c2ccccc2N)C1C. The summed E-state index contributed by atoms with van der Waals surface area (Å²) in [6.45, 7) is 4.58. The predicted octanol–water partition coefficient (Wildman–Crippen LogP) is 2.53. The molecule has 19 heavy (non-hydrogen) atoms. The highest BCUT2D eigenvalue weighted by molar-refractivity contribution is 5.71. The van der Waals surface area contributed by atoms with E-state index in [4.69, 9.17) is 5.73 Å². The Kier molecular flexibility index (Phi) is 2.97. The maximum absolute atomic E-state index is 6.03. The number of nitrogen functional groups attached to an aromatic ring is 1. The average Bonchev–Trinajstić information content (AvgIpc) is 2.99. The molecule has 2 N–H and O–H groups in total. The molecule has 5 heteroatoms. The Balaban J connectivity index is 2.02. The predicted molar refractivity (Wildman–Crippen MR) is 74.3 cm³/mol. The van der Waals surface area contributed by atoms with Gasteiger partial charge in [0.2, 0.25) is 0 Å². The first-order valence-corrected chi connectivity index (χ1v) is 6.81. The summed E-state index contributed by atoms with van der Waals surface area (Å²) < 4.78 is 1.96. The summed E-state index contributed by atoms with van der Waals surface area (Å²) in [4.78, 5) is 0. The molecule has 1 fully saturated rings. The molecule has 1 aliphatic carbocycles. The van der Waals surface area contributed by atoms with E-state index in [0.29, 0.717) is 12.0 Å². The molecule has 1 aliphatic rings. The van der Waals surface area contributed by atoms with Crippen LogP contribution in [0.1, 0.15) is 32.7 Å². The van der Waals surface area contributed by atoms with Crippen LogP contribution in [0.3, 0.4) is 0 Å². The summed E-state index contributed by atoms with van der Waals surface area (Å²) in [5, 5.41) is 12.2. The van der Waals surface area contributed by atoms with Crippen molar-refractivity contribution in [3.63, 3.8) is 0 Å². The molecule has 1 aromatic heterocycles. The summed E-state index contributed by atoms with van der Waals surface area (Å²) in [5.74, 6) is 2.09. The first kappa shape index (κ1) is 12.1. The Labute approximate surface area is 112 Å². The summed E-state index contributed by atoms with van der Waals surface area (Å²) in [7, 11) is 0. The van der Waals surface area contributed by atoms with E-state index in [2.05, 4.69) is 29.4 Å². The van der Waals surface area contributed by atoms with Crippen LogP contribution in [0.15, 0.2) is 24.3 Å². The number of hydrogen-bond acceptors (Lipinski definition) is 4. The van der Waals surface area contributed by atoms with E-state index in [1.54, 1.807) is 0 Å². The molecule has 3 atom stereocenters. The van der Waals surface area contributed by atoms with E-state index in [-0.39, 0.29) is 0 Å². The van der Waals surface area contributed by atoms with Gasteiger partial charge in [0.05, 0.1) is 6.04 Å². The zero-order valence-corrected chi connectivity index (χ0v) is 11.3. The van der Waals surface area contributed by atoms with Crippen molar-refractivity contribution >= 4 is 5.69 Å². The van der Waals surface area contributed by atoms with Crippen LogP contribution in [0, 0.1) is 11.8 Å². The van der Waals surface area contributed by atoms with Gasteiger partial charge in [0, 0.05) is 11.3 Å². The fraction of sp³-hybridized carbons (Fsp3) is 0.500. The van der Waals surface area contributed by atoms with Crippen LogP contribution >= 0.6 is 0 Å². The lowest BCUT2D eigenvalue weighted by Crippen LogP contribution is -2.17. The minimum atomic E-state index is 0.375. The molecule has 3 unspecified atom stereocenters. The topological polar surface area (TPSA) is 69.6 Å². The lowest BCUT2D eigenvalue weighted by atomic mass is 9.97. The average molecular weight is 257 g/mol. The van der Waals surface area contributed by atoms with Gasteiger partial charge in [0.15, 0.2) is 5.82 Å². The first-order valence-electron chi connectivity index (χ1n) is 6.81.